The summed E-state index contributed by atoms with van der Waals surface area (Å²) in [6, 6.07) is 17.8. The van der Waals surface area contributed by atoms with Crippen LogP contribution in [0.4, 0.5) is 11.4 Å². The molecule has 0 aliphatic carbocycles. The second-order valence-corrected chi connectivity index (χ2v) is 8.41. The zero-order chi connectivity index (χ0) is 23.1. The molecule has 0 radical (unpaired) electrons. The molecule has 1 N–H and O–H groups in total. The Hall–Kier alpha value is -3.77. The molecule has 0 bridgehead atoms. The Morgan fingerprint density at radius 2 is 1.58 bits per heavy atom. The van der Waals surface area contributed by atoms with Crippen LogP contribution in [0.3, 0.4) is 0 Å². The third-order valence-corrected chi connectivity index (χ3v) is 5.88. The molecule has 0 spiro atoms. The van der Waals surface area contributed by atoms with Gasteiger partial charge in [-0.2, -0.15) is 0 Å². The molecule has 166 valence electrons. The molecular weight excluding hydrogens is 440 g/mol. The summed E-state index contributed by atoms with van der Waals surface area (Å²) >= 11 is 6.01. The number of hydrogen-bond donors (Lipinski definition) is 1. The molecule has 2 aliphatic heterocycles. The van der Waals surface area contributed by atoms with Gasteiger partial charge >= 0.3 is 0 Å². The fourth-order valence-electron chi connectivity index (χ4n) is 4.08. The van der Waals surface area contributed by atoms with Gasteiger partial charge in [-0.25, -0.2) is 4.90 Å². The highest BCUT2D eigenvalue weighted by molar-refractivity contribution is 6.46. The van der Waals surface area contributed by atoms with Crippen molar-refractivity contribution in [3.8, 4) is 11.5 Å². The first-order valence-corrected chi connectivity index (χ1v) is 10.9. The summed E-state index contributed by atoms with van der Waals surface area (Å²) in [7, 11) is 0. The number of carbonyl (C=O) groups is 2. The minimum Gasteiger partial charge on any atom is -0.486 e. The summed E-state index contributed by atoms with van der Waals surface area (Å²) in [5.74, 6) is 0.403. The fraction of sp³-hybridized carbons (Fsp3) is 0.154. The van der Waals surface area contributed by atoms with Crippen LogP contribution in [0.5, 0.6) is 11.5 Å². The van der Waals surface area contributed by atoms with Gasteiger partial charge in [0.25, 0.3) is 11.8 Å². The number of nitrogens with zero attached hydrogens (tertiary/aromatic N) is 1. The predicted molar refractivity (Wildman–Crippen MR) is 128 cm³/mol. The number of rotatable bonds is 4. The van der Waals surface area contributed by atoms with Crippen LogP contribution in [0.25, 0.3) is 5.57 Å². The van der Waals surface area contributed by atoms with Gasteiger partial charge in [0.1, 0.15) is 18.9 Å². The van der Waals surface area contributed by atoms with Gasteiger partial charge in [-0.3, -0.25) is 9.59 Å². The van der Waals surface area contributed by atoms with Gasteiger partial charge in [-0.1, -0.05) is 35.4 Å². The molecule has 0 fully saturated rings. The van der Waals surface area contributed by atoms with Crippen molar-refractivity contribution in [2.45, 2.75) is 13.8 Å². The molecule has 0 saturated heterocycles. The molecule has 2 aliphatic rings. The number of fused-ring (bicyclic) bond motifs is 1. The highest BCUT2D eigenvalue weighted by Gasteiger charge is 2.40. The zero-order valence-electron chi connectivity index (χ0n) is 18.1. The number of imide groups is 1. The molecule has 3 aromatic rings. The molecular formula is C26H21ClN2O4. The molecule has 0 saturated carbocycles. The van der Waals surface area contributed by atoms with Gasteiger partial charge < -0.3 is 14.8 Å². The number of hydrogen-bond acceptors (Lipinski definition) is 5. The van der Waals surface area contributed by atoms with Gasteiger partial charge in [0.05, 0.1) is 11.3 Å². The summed E-state index contributed by atoms with van der Waals surface area (Å²) in [4.78, 5) is 28.3. The van der Waals surface area contributed by atoms with Gasteiger partial charge in [-0.15, -0.1) is 0 Å². The first-order valence-electron chi connectivity index (χ1n) is 10.6. The molecule has 6 nitrogen and oxygen atoms in total. The van der Waals surface area contributed by atoms with E-state index in [4.69, 9.17) is 21.1 Å². The van der Waals surface area contributed by atoms with E-state index in [9.17, 15) is 9.59 Å². The molecule has 3 aromatic carbocycles. The quantitative estimate of drug-likeness (QED) is 0.547. The first-order chi connectivity index (χ1) is 15.9. The van der Waals surface area contributed by atoms with E-state index in [0.717, 1.165) is 11.1 Å². The normalized spacial score (nSPS) is 15.3. The van der Waals surface area contributed by atoms with Crippen molar-refractivity contribution in [2.24, 2.45) is 0 Å². The highest BCUT2D eigenvalue weighted by Crippen LogP contribution is 2.38. The highest BCUT2D eigenvalue weighted by atomic mass is 35.5. The van der Waals surface area contributed by atoms with Crippen molar-refractivity contribution in [1.29, 1.82) is 0 Å². The SMILES string of the molecule is Cc1ccc(C2=C(Nc3ccc4c(c3)OCCO4)C(=O)N(c3ccc(Cl)cc3)C2=O)c(C)c1. The minimum atomic E-state index is -0.438. The summed E-state index contributed by atoms with van der Waals surface area (Å²) in [6.45, 7) is 4.86. The van der Waals surface area contributed by atoms with Crippen LogP contribution in [0.2, 0.25) is 5.02 Å². The number of halogens is 1. The number of anilines is 2. The maximum atomic E-state index is 13.6. The van der Waals surface area contributed by atoms with Crippen LogP contribution in [0, 0.1) is 13.8 Å². The van der Waals surface area contributed by atoms with Crippen molar-refractivity contribution in [1.82, 2.24) is 0 Å². The van der Waals surface area contributed by atoms with Crippen LogP contribution in [-0.2, 0) is 9.59 Å². The van der Waals surface area contributed by atoms with E-state index in [1.54, 1.807) is 42.5 Å². The molecule has 2 heterocycles. The molecule has 2 amide bonds. The van der Waals surface area contributed by atoms with E-state index >= 15 is 0 Å². The number of amides is 2. The average Bonchev–Trinajstić information content (AvgIpc) is 3.04. The maximum Gasteiger partial charge on any atom is 0.282 e. The van der Waals surface area contributed by atoms with E-state index in [1.165, 1.54) is 4.90 Å². The number of nitrogens with one attached hydrogen (secondary N) is 1. The van der Waals surface area contributed by atoms with Crippen LogP contribution >= 0.6 is 11.6 Å². The lowest BCUT2D eigenvalue weighted by molar-refractivity contribution is -0.120. The topological polar surface area (TPSA) is 67.9 Å². The van der Waals surface area contributed by atoms with Crippen molar-refractivity contribution < 1.29 is 19.1 Å². The van der Waals surface area contributed by atoms with E-state index in [1.807, 2.05) is 32.0 Å². The average molecular weight is 461 g/mol. The van der Waals surface area contributed by atoms with E-state index in [0.29, 0.717) is 52.2 Å². The van der Waals surface area contributed by atoms with E-state index < -0.39 is 11.8 Å². The van der Waals surface area contributed by atoms with Crippen LogP contribution in [0.1, 0.15) is 16.7 Å². The minimum absolute atomic E-state index is 0.207. The zero-order valence-corrected chi connectivity index (χ0v) is 18.9. The third-order valence-electron chi connectivity index (χ3n) is 5.63. The van der Waals surface area contributed by atoms with Crippen molar-refractivity contribution in [3.63, 3.8) is 0 Å². The number of carbonyl (C=O) groups excluding carboxylic acids is 2. The Morgan fingerprint density at radius 1 is 0.848 bits per heavy atom. The molecule has 0 unspecified atom stereocenters. The fourth-order valence-corrected chi connectivity index (χ4v) is 4.21. The Morgan fingerprint density at radius 3 is 2.30 bits per heavy atom. The second-order valence-electron chi connectivity index (χ2n) is 7.97. The van der Waals surface area contributed by atoms with Crippen LogP contribution in [0.15, 0.2) is 66.4 Å². The van der Waals surface area contributed by atoms with E-state index in [-0.39, 0.29) is 5.70 Å². The summed E-state index contributed by atoms with van der Waals surface area (Å²) in [6.07, 6.45) is 0. The Labute approximate surface area is 196 Å². The van der Waals surface area contributed by atoms with E-state index in [2.05, 4.69) is 5.32 Å². The van der Waals surface area contributed by atoms with Crippen LogP contribution < -0.4 is 19.7 Å². The van der Waals surface area contributed by atoms with Crippen molar-refractivity contribution in [2.75, 3.05) is 23.4 Å². The molecule has 0 aromatic heterocycles. The number of ether oxygens (including phenoxy) is 2. The van der Waals surface area contributed by atoms with Gasteiger partial charge in [0.2, 0.25) is 0 Å². The molecule has 7 heteroatoms. The summed E-state index contributed by atoms with van der Waals surface area (Å²) in [5.41, 5.74) is 4.29. The standard InChI is InChI=1S/C26H21ClN2O4/c1-15-3-9-20(16(2)13-15)23-24(28-18-6-10-21-22(14-18)33-12-11-32-21)26(31)29(25(23)30)19-7-4-17(27)5-8-19/h3-10,13-14,28H,11-12H2,1-2H3. The molecule has 0 atom stereocenters. The smallest absolute Gasteiger partial charge is 0.282 e. The monoisotopic (exact) mass is 460 g/mol. The largest absolute Gasteiger partial charge is 0.486 e. The predicted octanol–water partition coefficient (Wildman–Crippen LogP) is 5.12. The lowest BCUT2D eigenvalue weighted by Crippen LogP contribution is -2.32. The summed E-state index contributed by atoms with van der Waals surface area (Å²) < 4.78 is 11.2. The second kappa shape index (κ2) is 8.30. The first kappa shape index (κ1) is 21.1. The van der Waals surface area contributed by atoms with Gasteiger partial charge in [0.15, 0.2) is 11.5 Å². The van der Waals surface area contributed by atoms with Gasteiger partial charge in [0, 0.05) is 16.8 Å². The maximum absolute atomic E-state index is 13.6. The van der Waals surface area contributed by atoms with Crippen molar-refractivity contribution >= 4 is 40.4 Å². The third kappa shape index (κ3) is 3.83. The Kier molecular flexibility index (Phi) is 5.30. The number of benzene rings is 3. The Balaban J connectivity index is 1.61. The van der Waals surface area contributed by atoms with Crippen LogP contribution in [-0.4, -0.2) is 25.0 Å². The summed E-state index contributed by atoms with van der Waals surface area (Å²) in [5, 5.41) is 3.70. The lowest BCUT2D eigenvalue weighted by Gasteiger charge is -2.19. The van der Waals surface area contributed by atoms with Gasteiger partial charge in [-0.05, 0) is 61.4 Å². The van der Waals surface area contributed by atoms with Crippen molar-refractivity contribution in [3.05, 3.63) is 88.1 Å². The lowest BCUT2D eigenvalue weighted by atomic mass is 9.97. The Bertz CT molecular complexity index is 1310. The number of aryl methyl sites for hydroxylation is 2. The molecule has 33 heavy (non-hydrogen) atoms. The molecule has 5 rings (SSSR count).